The molecule has 0 fully saturated rings. The molecular weight excluding hydrogens is 340 g/mol. The average Bonchev–Trinajstić information content (AvgIpc) is 2.45. The fraction of sp³-hybridized carbons (Fsp3) is 0.533. The van der Waals surface area contributed by atoms with Gasteiger partial charge in [-0.25, -0.2) is 0 Å². The highest BCUT2D eigenvalue weighted by atomic mass is 79.9. The van der Waals surface area contributed by atoms with Gasteiger partial charge in [-0.1, -0.05) is 28.1 Å². The summed E-state index contributed by atoms with van der Waals surface area (Å²) in [5.41, 5.74) is 0.775. The Labute approximate surface area is 133 Å². The highest BCUT2D eigenvalue weighted by molar-refractivity contribution is 9.10. The van der Waals surface area contributed by atoms with Crippen LogP contribution in [0.1, 0.15) is 17.9 Å². The summed E-state index contributed by atoms with van der Waals surface area (Å²) >= 11 is 3.35. The predicted octanol–water partition coefficient (Wildman–Crippen LogP) is 2.69. The van der Waals surface area contributed by atoms with E-state index in [-0.39, 0.29) is 0 Å². The monoisotopic (exact) mass is 360 g/mol. The van der Waals surface area contributed by atoms with Gasteiger partial charge in [-0.05, 0) is 24.1 Å². The van der Waals surface area contributed by atoms with Gasteiger partial charge in [-0.2, -0.15) is 0 Å². The Morgan fingerprint density at radius 2 is 1.86 bits per heavy atom. The van der Waals surface area contributed by atoms with Gasteiger partial charge >= 0.3 is 5.97 Å². The number of ether oxygens (including phenoxy) is 3. The quantitative estimate of drug-likeness (QED) is 0.614. The van der Waals surface area contributed by atoms with Gasteiger partial charge < -0.3 is 19.3 Å². The van der Waals surface area contributed by atoms with Crippen molar-refractivity contribution in [3.63, 3.8) is 0 Å². The molecule has 0 radical (unpaired) electrons. The zero-order chi connectivity index (χ0) is 15.5. The Bertz CT molecular complexity index is 424. The SMILES string of the molecule is COCCOCCOCCC(C(=O)O)c1cccc(Br)c1. The van der Waals surface area contributed by atoms with Crippen molar-refractivity contribution in [3.8, 4) is 0 Å². The molecule has 0 heterocycles. The lowest BCUT2D eigenvalue weighted by atomic mass is 9.96. The van der Waals surface area contributed by atoms with Gasteiger partial charge in [-0.15, -0.1) is 0 Å². The number of halogens is 1. The zero-order valence-electron chi connectivity index (χ0n) is 12.1. The Hall–Kier alpha value is -0.950. The number of carboxylic acids is 1. The summed E-state index contributed by atoms with van der Waals surface area (Å²) in [6.07, 6.45) is 0.434. The standard InChI is InChI=1S/C15H21BrO5/c1-19-7-8-21-10-9-20-6-5-14(15(17)18)12-3-2-4-13(16)11-12/h2-4,11,14H,5-10H2,1H3,(H,17,18). The van der Waals surface area contributed by atoms with Crippen molar-refractivity contribution >= 4 is 21.9 Å². The third-order valence-electron chi connectivity index (χ3n) is 2.90. The maximum absolute atomic E-state index is 11.3. The zero-order valence-corrected chi connectivity index (χ0v) is 13.7. The van der Waals surface area contributed by atoms with Crippen molar-refractivity contribution in [1.82, 2.24) is 0 Å². The minimum atomic E-state index is -0.840. The smallest absolute Gasteiger partial charge is 0.311 e. The molecule has 6 heteroatoms. The highest BCUT2D eigenvalue weighted by Crippen LogP contribution is 2.23. The highest BCUT2D eigenvalue weighted by Gasteiger charge is 2.19. The second kappa shape index (κ2) is 10.7. The van der Waals surface area contributed by atoms with Gasteiger partial charge in [0.15, 0.2) is 0 Å². The van der Waals surface area contributed by atoms with Crippen molar-refractivity contribution in [2.75, 3.05) is 40.1 Å². The van der Waals surface area contributed by atoms with Crippen LogP contribution in [0.25, 0.3) is 0 Å². The largest absolute Gasteiger partial charge is 0.481 e. The molecule has 0 bridgehead atoms. The summed E-state index contributed by atoms with van der Waals surface area (Å²) < 4.78 is 16.4. The van der Waals surface area contributed by atoms with Crippen LogP contribution >= 0.6 is 15.9 Å². The second-order valence-electron chi connectivity index (χ2n) is 4.45. The van der Waals surface area contributed by atoms with Crippen molar-refractivity contribution < 1.29 is 24.1 Å². The first-order valence-electron chi connectivity index (χ1n) is 6.78. The van der Waals surface area contributed by atoms with Crippen LogP contribution < -0.4 is 0 Å². The Morgan fingerprint density at radius 3 is 2.48 bits per heavy atom. The molecular formula is C15H21BrO5. The Morgan fingerprint density at radius 1 is 1.19 bits per heavy atom. The van der Waals surface area contributed by atoms with Crippen LogP contribution in [0.4, 0.5) is 0 Å². The molecule has 1 aromatic rings. The fourth-order valence-corrected chi connectivity index (χ4v) is 2.24. The number of methoxy groups -OCH3 is 1. The first-order valence-corrected chi connectivity index (χ1v) is 7.57. The molecule has 5 nitrogen and oxygen atoms in total. The number of carboxylic acid groups (broad SMARTS) is 1. The van der Waals surface area contributed by atoms with E-state index >= 15 is 0 Å². The van der Waals surface area contributed by atoms with E-state index in [0.717, 1.165) is 10.0 Å². The summed E-state index contributed by atoms with van der Waals surface area (Å²) in [7, 11) is 1.62. The number of hydrogen-bond donors (Lipinski definition) is 1. The topological polar surface area (TPSA) is 65.0 Å². The predicted molar refractivity (Wildman–Crippen MR) is 82.6 cm³/mol. The Kier molecular flexibility index (Phi) is 9.25. The molecule has 0 aromatic heterocycles. The number of carbonyl (C=O) groups is 1. The van der Waals surface area contributed by atoms with Crippen molar-refractivity contribution in [1.29, 1.82) is 0 Å². The van der Waals surface area contributed by atoms with Crippen molar-refractivity contribution in [2.45, 2.75) is 12.3 Å². The summed E-state index contributed by atoms with van der Waals surface area (Å²) in [6.45, 7) is 2.42. The molecule has 1 aromatic carbocycles. The molecule has 1 rings (SSSR count). The molecule has 0 amide bonds. The molecule has 1 unspecified atom stereocenters. The molecule has 0 saturated carbocycles. The lowest BCUT2D eigenvalue weighted by molar-refractivity contribution is -0.139. The molecule has 0 aliphatic heterocycles. The van der Waals surface area contributed by atoms with E-state index in [2.05, 4.69) is 15.9 Å². The molecule has 118 valence electrons. The van der Waals surface area contributed by atoms with Crippen LogP contribution in [0.15, 0.2) is 28.7 Å². The number of benzene rings is 1. The summed E-state index contributed by atoms with van der Waals surface area (Å²) in [5, 5.41) is 9.31. The van der Waals surface area contributed by atoms with Crippen LogP contribution in [0.3, 0.4) is 0 Å². The normalized spacial score (nSPS) is 12.3. The van der Waals surface area contributed by atoms with Gasteiger partial charge in [-0.3, -0.25) is 4.79 Å². The van der Waals surface area contributed by atoms with Gasteiger partial charge in [0.2, 0.25) is 0 Å². The Balaban J connectivity index is 2.28. The third kappa shape index (κ3) is 7.57. The van der Waals surface area contributed by atoms with E-state index in [4.69, 9.17) is 14.2 Å². The maximum atomic E-state index is 11.3. The van der Waals surface area contributed by atoms with Gasteiger partial charge in [0.1, 0.15) is 0 Å². The summed E-state index contributed by atoms with van der Waals surface area (Å²) in [4.78, 5) is 11.3. The maximum Gasteiger partial charge on any atom is 0.311 e. The second-order valence-corrected chi connectivity index (χ2v) is 5.37. The first kappa shape index (κ1) is 18.1. The fourth-order valence-electron chi connectivity index (χ4n) is 1.82. The number of hydrogen-bond acceptors (Lipinski definition) is 4. The lowest BCUT2D eigenvalue weighted by Gasteiger charge is -2.13. The van der Waals surface area contributed by atoms with E-state index in [1.54, 1.807) is 7.11 Å². The average molecular weight is 361 g/mol. The van der Waals surface area contributed by atoms with Crippen LogP contribution in [0.5, 0.6) is 0 Å². The summed E-state index contributed by atoms with van der Waals surface area (Å²) in [5.74, 6) is -1.40. The van der Waals surface area contributed by atoms with Gasteiger partial charge in [0.05, 0.1) is 32.3 Å². The lowest BCUT2D eigenvalue weighted by Crippen LogP contribution is -2.15. The molecule has 1 N–H and O–H groups in total. The van der Waals surface area contributed by atoms with E-state index in [0.29, 0.717) is 39.5 Å². The molecule has 0 aliphatic carbocycles. The van der Waals surface area contributed by atoms with Crippen molar-refractivity contribution in [2.24, 2.45) is 0 Å². The van der Waals surface area contributed by atoms with Crippen LogP contribution in [-0.2, 0) is 19.0 Å². The number of rotatable bonds is 11. The number of aliphatic carboxylic acids is 1. The molecule has 0 spiro atoms. The minimum absolute atomic E-state index is 0.386. The molecule has 0 aliphatic rings. The minimum Gasteiger partial charge on any atom is -0.481 e. The van der Waals surface area contributed by atoms with Gasteiger partial charge in [0, 0.05) is 18.2 Å². The third-order valence-corrected chi connectivity index (χ3v) is 3.40. The van der Waals surface area contributed by atoms with Gasteiger partial charge in [0.25, 0.3) is 0 Å². The van der Waals surface area contributed by atoms with E-state index in [1.165, 1.54) is 0 Å². The molecule has 1 atom stereocenters. The van der Waals surface area contributed by atoms with E-state index in [9.17, 15) is 9.90 Å². The van der Waals surface area contributed by atoms with Crippen LogP contribution in [0.2, 0.25) is 0 Å². The molecule has 21 heavy (non-hydrogen) atoms. The molecule has 0 saturated heterocycles. The van der Waals surface area contributed by atoms with E-state index < -0.39 is 11.9 Å². The summed E-state index contributed by atoms with van der Waals surface area (Å²) in [6, 6.07) is 7.35. The van der Waals surface area contributed by atoms with Crippen LogP contribution in [0, 0.1) is 0 Å². The van der Waals surface area contributed by atoms with E-state index in [1.807, 2.05) is 24.3 Å². The van der Waals surface area contributed by atoms with Crippen LogP contribution in [-0.4, -0.2) is 51.2 Å². The van der Waals surface area contributed by atoms with Crippen molar-refractivity contribution in [3.05, 3.63) is 34.3 Å². The first-order chi connectivity index (χ1) is 10.1.